The van der Waals surface area contributed by atoms with Crippen molar-refractivity contribution in [3.05, 3.63) is 63.4 Å². The monoisotopic (exact) mass is 446 g/mol. The van der Waals surface area contributed by atoms with Crippen LogP contribution in [0.3, 0.4) is 0 Å². The molecule has 3 rings (SSSR count). The van der Waals surface area contributed by atoms with E-state index in [1.807, 2.05) is 41.0 Å². The van der Waals surface area contributed by atoms with Gasteiger partial charge in [0.15, 0.2) is 6.29 Å². The number of hydrogen-bond donors (Lipinski definition) is 1. The van der Waals surface area contributed by atoms with Gasteiger partial charge in [-0.15, -0.1) is 0 Å². The number of para-hydroxylation sites is 1. The van der Waals surface area contributed by atoms with Gasteiger partial charge in [-0.25, -0.2) is 0 Å². The van der Waals surface area contributed by atoms with E-state index in [0.29, 0.717) is 11.5 Å². The minimum Gasteiger partial charge on any atom is -0.337 e. The van der Waals surface area contributed by atoms with Gasteiger partial charge in [-0.2, -0.15) is 0 Å². The highest BCUT2D eigenvalue weighted by Gasteiger charge is 2.13. The van der Waals surface area contributed by atoms with E-state index in [1.54, 1.807) is 6.20 Å². The second-order valence-corrected chi connectivity index (χ2v) is 7.53. The molecule has 1 N–H and O–H groups in total. The van der Waals surface area contributed by atoms with Crippen molar-refractivity contribution in [3.8, 4) is 0 Å². The number of carbonyl (C=O) groups excluding carboxylic acids is 2. The lowest BCUT2D eigenvalue weighted by Gasteiger charge is -2.15. The summed E-state index contributed by atoms with van der Waals surface area (Å²) in [5.41, 5.74) is 3.44. The van der Waals surface area contributed by atoms with E-state index >= 15 is 0 Å². The summed E-state index contributed by atoms with van der Waals surface area (Å²) in [4.78, 5) is 23.8. The third-order valence-electron chi connectivity index (χ3n) is 4.17. The number of carbonyl (C=O) groups is 2. The highest BCUT2D eigenvalue weighted by atomic mass is 127. The topological polar surface area (TPSA) is 51.1 Å². The van der Waals surface area contributed by atoms with Crippen LogP contribution in [0.25, 0.3) is 10.9 Å². The van der Waals surface area contributed by atoms with Crippen LogP contribution in [0.5, 0.6) is 0 Å². The number of amides is 1. The molecule has 1 aromatic heterocycles. The molecule has 4 nitrogen and oxygen atoms in total. The van der Waals surface area contributed by atoms with Gasteiger partial charge in [0.1, 0.15) is 6.54 Å². The van der Waals surface area contributed by atoms with Gasteiger partial charge in [0.2, 0.25) is 5.91 Å². The van der Waals surface area contributed by atoms with E-state index in [4.69, 9.17) is 0 Å². The lowest BCUT2D eigenvalue weighted by Crippen LogP contribution is -2.19. The Hall–Kier alpha value is -2.15. The first-order chi connectivity index (χ1) is 12.0. The third-order valence-corrected chi connectivity index (χ3v) is 4.84. The van der Waals surface area contributed by atoms with Crippen LogP contribution in [-0.4, -0.2) is 16.8 Å². The van der Waals surface area contributed by atoms with Crippen LogP contribution < -0.4 is 5.32 Å². The van der Waals surface area contributed by atoms with Gasteiger partial charge >= 0.3 is 0 Å². The molecule has 0 unspecified atom stereocenters. The van der Waals surface area contributed by atoms with E-state index in [0.717, 1.165) is 32.0 Å². The molecule has 0 bridgehead atoms. The van der Waals surface area contributed by atoms with Gasteiger partial charge in [0.05, 0.1) is 0 Å². The molecule has 1 heterocycles. The molecule has 0 atom stereocenters. The van der Waals surface area contributed by atoms with Crippen LogP contribution >= 0.6 is 22.6 Å². The first-order valence-electron chi connectivity index (χ1n) is 8.12. The van der Waals surface area contributed by atoms with Crippen molar-refractivity contribution >= 4 is 51.4 Å². The Bertz CT molecular complexity index is 944. The minimum absolute atomic E-state index is 0.110. The zero-order valence-corrected chi connectivity index (χ0v) is 16.3. The molecule has 0 saturated heterocycles. The number of hydrogen-bond acceptors (Lipinski definition) is 2. The van der Waals surface area contributed by atoms with Crippen LogP contribution in [0.4, 0.5) is 5.69 Å². The number of nitrogens with one attached hydrogen (secondary N) is 1. The smallest absolute Gasteiger partial charge is 0.244 e. The molecular weight excluding hydrogens is 427 g/mol. The van der Waals surface area contributed by atoms with E-state index in [2.05, 4.69) is 47.8 Å². The van der Waals surface area contributed by atoms with E-state index in [-0.39, 0.29) is 12.5 Å². The summed E-state index contributed by atoms with van der Waals surface area (Å²) < 4.78 is 2.96. The summed E-state index contributed by atoms with van der Waals surface area (Å²) >= 11 is 2.27. The van der Waals surface area contributed by atoms with Gasteiger partial charge in [-0.1, -0.05) is 32.0 Å². The first kappa shape index (κ1) is 17.7. The second-order valence-electron chi connectivity index (χ2n) is 6.28. The number of anilines is 1. The summed E-state index contributed by atoms with van der Waals surface area (Å²) in [5, 5.41) is 3.87. The Morgan fingerprint density at radius 3 is 2.72 bits per heavy atom. The minimum atomic E-state index is -0.110. The van der Waals surface area contributed by atoms with Crippen LogP contribution in [0.15, 0.2) is 48.7 Å². The van der Waals surface area contributed by atoms with Crippen molar-refractivity contribution in [2.24, 2.45) is 0 Å². The van der Waals surface area contributed by atoms with Gasteiger partial charge in [-0.3, -0.25) is 9.59 Å². The number of nitrogens with zero attached hydrogens (tertiary/aromatic N) is 1. The van der Waals surface area contributed by atoms with E-state index < -0.39 is 0 Å². The SMILES string of the molecule is CC(C)c1cc(I)ccc1NC(=O)Cn1cc(C=O)c2ccccc21. The molecule has 0 aliphatic carbocycles. The van der Waals surface area contributed by atoms with Crippen LogP contribution in [-0.2, 0) is 11.3 Å². The number of aldehydes is 1. The quantitative estimate of drug-likeness (QED) is 0.452. The highest BCUT2D eigenvalue weighted by molar-refractivity contribution is 14.1. The zero-order valence-electron chi connectivity index (χ0n) is 14.1. The van der Waals surface area contributed by atoms with Gasteiger partial charge in [0.25, 0.3) is 0 Å². The van der Waals surface area contributed by atoms with Crippen molar-refractivity contribution in [1.82, 2.24) is 4.57 Å². The molecule has 0 aliphatic heterocycles. The fraction of sp³-hybridized carbons (Fsp3) is 0.200. The fourth-order valence-corrected chi connectivity index (χ4v) is 3.48. The van der Waals surface area contributed by atoms with Crippen molar-refractivity contribution in [2.45, 2.75) is 26.3 Å². The summed E-state index contributed by atoms with van der Waals surface area (Å²) in [6.45, 7) is 4.38. The molecule has 0 radical (unpaired) electrons. The Balaban J connectivity index is 1.86. The molecule has 5 heteroatoms. The third kappa shape index (κ3) is 3.76. The molecule has 25 heavy (non-hydrogen) atoms. The lowest BCUT2D eigenvalue weighted by molar-refractivity contribution is -0.116. The van der Waals surface area contributed by atoms with Crippen LogP contribution in [0.2, 0.25) is 0 Å². The number of rotatable bonds is 5. The van der Waals surface area contributed by atoms with Gasteiger partial charge in [0, 0.05) is 31.9 Å². The Morgan fingerprint density at radius 1 is 1.24 bits per heavy atom. The van der Waals surface area contributed by atoms with Crippen molar-refractivity contribution in [3.63, 3.8) is 0 Å². The molecule has 3 aromatic rings. The average Bonchev–Trinajstić information content (AvgIpc) is 2.94. The van der Waals surface area contributed by atoms with Crippen molar-refractivity contribution < 1.29 is 9.59 Å². The summed E-state index contributed by atoms with van der Waals surface area (Å²) in [6, 6.07) is 13.6. The van der Waals surface area contributed by atoms with Gasteiger partial charge < -0.3 is 9.88 Å². The molecule has 128 valence electrons. The predicted molar refractivity (Wildman–Crippen MR) is 109 cm³/mol. The van der Waals surface area contributed by atoms with Crippen LogP contribution in [0, 0.1) is 3.57 Å². The molecule has 0 spiro atoms. The molecule has 0 aliphatic rings. The normalized spacial score (nSPS) is 11.0. The molecule has 0 saturated carbocycles. The molecule has 1 amide bonds. The number of benzene rings is 2. The fourth-order valence-electron chi connectivity index (χ4n) is 2.97. The molecular formula is C20H19IN2O2. The summed E-state index contributed by atoms with van der Waals surface area (Å²) in [7, 11) is 0. The Morgan fingerprint density at radius 2 is 2.00 bits per heavy atom. The first-order valence-corrected chi connectivity index (χ1v) is 9.20. The van der Waals surface area contributed by atoms with Crippen molar-refractivity contribution in [1.29, 1.82) is 0 Å². The van der Waals surface area contributed by atoms with Crippen molar-refractivity contribution in [2.75, 3.05) is 5.32 Å². The average molecular weight is 446 g/mol. The number of halogens is 1. The van der Waals surface area contributed by atoms with E-state index in [1.165, 1.54) is 0 Å². The maximum Gasteiger partial charge on any atom is 0.244 e. The number of fused-ring (bicyclic) bond motifs is 1. The maximum absolute atomic E-state index is 12.6. The highest BCUT2D eigenvalue weighted by Crippen LogP contribution is 2.26. The van der Waals surface area contributed by atoms with Gasteiger partial charge in [-0.05, 0) is 58.3 Å². The maximum atomic E-state index is 12.6. The van der Waals surface area contributed by atoms with Crippen LogP contribution in [0.1, 0.15) is 35.7 Å². The lowest BCUT2D eigenvalue weighted by atomic mass is 10.0. The molecule has 2 aromatic carbocycles. The Labute approximate surface area is 160 Å². The Kier molecular flexibility index (Phi) is 5.22. The number of aromatic nitrogens is 1. The summed E-state index contributed by atoms with van der Waals surface area (Å²) in [5.74, 6) is 0.209. The zero-order chi connectivity index (χ0) is 18.0. The standard InChI is InChI=1S/C20H19IN2O2/c1-13(2)17-9-15(21)7-8-18(17)22-20(25)11-23-10-14(12-24)16-5-3-4-6-19(16)23/h3-10,12-13H,11H2,1-2H3,(H,22,25). The second kappa shape index (κ2) is 7.39. The van der Waals surface area contributed by atoms with E-state index in [9.17, 15) is 9.59 Å². The predicted octanol–water partition coefficient (Wildman–Crippen LogP) is 4.82. The molecule has 0 fully saturated rings. The summed E-state index contributed by atoms with van der Waals surface area (Å²) in [6.07, 6.45) is 2.56. The largest absolute Gasteiger partial charge is 0.337 e.